The van der Waals surface area contributed by atoms with Crippen LogP contribution in [0.2, 0.25) is 0 Å². The third-order valence-corrected chi connectivity index (χ3v) is 2.39. The van der Waals surface area contributed by atoms with E-state index < -0.39 is 0 Å². The van der Waals surface area contributed by atoms with Crippen molar-refractivity contribution in [2.45, 2.75) is 32.7 Å². The first kappa shape index (κ1) is 13.9. The summed E-state index contributed by atoms with van der Waals surface area (Å²) in [5.41, 5.74) is 0. The van der Waals surface area contributed by atoms with E-state index in [4.69, 9.17) is 4.74 Å². The number of ether oxygens (including phenoxy) is 1. The quantitative estimate of drug-likeness (QED) is 0.611. The van der Waals surface area contributed by atoms with Gasteiger partial charge in [0, 0.05) is 32.8 Å². The van der Waals surface area contributed by atoms with Crippen LogP contribution >= 0.6 is 0 Å². The Kier molecular flexibility index (Phi) is 9.35. The van der Waals surface area contributed by atoms with Gasteiger partial charge in [-0.2, -0.15) is 0 Å². The maximum Gasteiger partial charge on any atom is 0.0589 e. The maximum absolute atomic E-state index is 5.02. The number of nitrogens with zero attached hydrogens (tertiary/aromatic N) is 1. The second kappa shape index (κ2) is 9.44. The first-order chi connectivity index (χ1) is 6.70. The van der Waals surface area contributed by atoms with Gasteiger partial charge < -0.3 is 15.0 Å². The lowest BCUT2D eigenvalue weighted by Crippen LogP contribution is -2.35. The lowest BCUT2D eigenvalue weighted by atomic mass is 10.2. The minimum absolute atomic E-state index is 0.649. The van der Waals surface area contributed by atoms with Crippen LogP contribution in [0.1, 0.15) is 26.7 Å². The molecule has 86 valence electrons. The van der Waals surface area contributed by atoms with Gasteiger partial charge in [-0.1, -0.05) is 13.3 Å². The molecule has 0 fully saturated rings. The van der Waals surface area contributed by atoms with Crippen molar-refractivity contribution < 1.29 is 4.74 Å². The molecule has 0 saturated carbocycles. The molecular formula is C11H26N2O. The van der Waals surface area contributed by atoms with Gasteiger partial charge in [-0.05, 0) is 20.4 Å². The van der Waals surface area contributed by atoms with Crippen LogP contribution in [0.4, 0.5) is 0 Å². The molecular weight excluding hydrogens is 176 g/mol. The smallest absolute Gasteiger partial charge is 0.0589 e. The van der Waals surface area contributed by atoms with Crippen LogP contribution in [0.25, 0.3) is 0 Å². The standard InChI is InChI=1S/C11H26N2O/c1-5-6-11(2)12-7-8-13(3)9-10-14-4/h11-12H,5-10H2,1-4H3. The minimum atomic E-state index is 0.649. The van der Waals surface area contributed by atoms with Crippen molar-refractivity contribution in [3.05, 3.63) is 0 Å². The number of likely N-dealkylation sites (N-methyl/N-ethyl adjacent to an activating group) is 1. The van der Waals surface area contributed by atoms with Gasteiger partial charge in [-0.15, -0.1) is 0 Å². The molecule has 14 heavy (non-hydrogen) atoms. The molecule has 0 spiro atoms. The SMILES string of the molecule is CCCC(C)NCCN(C)CCOC. The maximum atomic E-state index is 5.02. The summed E-state index contributed by atoms with van der Waals surface area (Å²) in [7, 11) is 3.88. The highest BCUT2D eigenvalue weighted by atomic mass is 16.5. The predicted molar refractivity (Wildman–Crippen MR) is 61.7 cm³/mol. The van der Waals surface area contributed by atoms with Crippen molar-refractivity contribution in [1.82, 2.24) is 10.2 Å². The van der Waals surface area contributed by atoms with E-state index in [1.54, 1.807) is 7.11 Å². The Labute approximate surface area is 88.8 Å². The Morgan fingerprint density at radius 1 is 1.36 bits per heavy atom. The van der Waals surface area contributed by atoms with Crippen LogP contribution in [-0.4, -0.2) is 51.3 Å². The zero-order chi connectivity index (χ0) is 10.8. The number of nitrogens with one attached hydrogen (secondary N) is 1. The first-order valence-electron chi connectivity index (χ1n) is 5.61. The fourth-order valence-electron chi connectivity index (χ4n) is 1.40. The summed E-state index contributed by atoms with van der Waals surface area (Å²) in [6.07, 6.45) is 2.52. The fourth-order valence-corrected chi connectivity index (χ4v) is 1.40. The molecule has 0 aliphatic carbocycles. The molecule has 0 bridgehead atoms. The highest BCUT2D eigenvalue weighted by Crippen LogP contribution is 1.93. The van der Waals surface area contributed by atoms with E-state index in [1.165, 1.54) is 12.8 Å². The third kappa shape index (κ3) is 8.48. The van der Waals surface area contributed by atoms with Crippen molar-refractivity contribution >= 4 is 0 Å². The molecule has 0 radical (unpaired) electrons. The van der Waals surface area contributed by atoms with Crippen molar-refractivity contribution in [1.29, 1.82) is 0 Å². The molecule has 0 aliphatic rings. The van der Waals surface area contributed by atoms with Gasteiger partial charge in [0.15, 0.2) is 0 Å². The van der Waals surface area contributed by atoms with Crippen LogP contribution in [0.15, 0.2) is 0 Å². The van der Waals surface area contributed by atoms with Crippen LogP contribution in [-0.2, 0) is 4.74 Å². The van der Waals surface area contributed by atoms with E-state index >= 15 is 0 Å². The zero-order valence-corrected chi connectivity index (χ0v) is 10.2. The summed E-state index contributed by atoms with van der Waals surface area (Å²) in [6, 6.07) is 0.649. The molecule has 3 heteroatoms. The van der Waals surface area contributed by atoms with E-state index in [-0.39, 0.29) is 0 Å². The van der Waals surface area contributed by atoms with Crippen LogP contribution < -0.4 is 5.32 Å². The summed E-state index contributed by atoms with van der Waals surface area (Å²) < 4.78 is 5.02. The van der Waals surface area contributed by atoms with Crippen molar-refractivity contribution in [3.8, 4) is 0 Å². The van der Waals surface area contributed by atoms with Gasteiger partial charge in [0.2, 0.25) is 0 Å². The summed E-state index contributed by atoms with van der Waals surface area (Å²) in [5.74, 6) is 0. The molecule has 0 saturated heterocycles. The molecule has 1 unspecified atom stereocenters. The second-order valence-corrected chi connectivity index (χ2v) is 3.94. The van der Waals surface area contributed by atoms with Gasteiger partial charge in [-0.3, -0.25) is 0 Å². The minimum Gasteiger partial charge on any atom is -0.383 e. The normalized spacial score (nSPS) is 13.5. The number of hydrogen-bond acceptors (Lipinski definition) is 3. The zero-order valence-electron chi connectivity index (χ0n) is 10.2. The van der Waals surface area contributed by atoms with Crippen LogP contribution in [0.3, 0.4) is 0 Å². The molecule has 0 aromatic carbocycles. The summed E-state index contributed by atoms with van der Waals surface area (Å²) in [4.78, 5) is 2.29. The Hall–Kier alpha value is -0.120. The molecule has 1 N–H and O–H groups in total. The van der Waals surface area contributed by atoms with Crippen molar-refractivity contribution in [3.63, 3.8) is 0 Å². The topological polar surface area (TPSA) is 24.5 Å². The monoisotopic (exact) mass is 202 g/mol. The Morgan fingerprint density at radius 3 is 2.64 bits per heavy atom. The molecule has 3 nitrogen and oxygen atoms in total. The summed E-state index contributed by atoms with van der Waals surface area (Å²) in [6.45, 7) is 8.47. The Balaban J connectivity index is 3.25. The number of rotatable bonds is 9. The molecule has 0 rings (SSSR count). The lowest BCUT2D eigenvalue weighted by Gasteiger charge is -2.18. The molecule has 0 amide bonds. The van der Waals surface area contributed by atoms with Gasteiger partial charge in [0.25, 0.3) is 0 Å². The Morgan fingerprint density at radius 2 is 2.07 bits per heavy atom. The van der Waals surface area contributed by atoms with Gasteiger partial charge >= 0.3 is 0 Å². The molecule has 0 aromatic heterocycles. The number of methoxy groups -OCH3 is 1. The average molecular weight is 202 g/mol. The third-order valence-electron chi connectivity index (χ3n) is 2.39. The molecule has 0 heterocycles. The van der Waals surface area contributed by atoms with E-state index in [9.17, 15) is 0 Å². The summed E-state index contributed by atoms with van der Waals surface area (Å²) in [5, 5.41) is 3.51. The van der Waals surface area contributed by atoms with Gasteiger partial charge in [0.05, 0.1) is 6.61 Å². The highest BCUT2D eigenvalue weighted by Gasteiger charge is 2.00. The molecule has 1 atom stereocenters. The van der Waals surface area contributed by atoms with Crippen LogP contribution in [0, 0.1) is 0 Å². The first-order valence-corrected chi connectivity index (χ1v) is 5.61. The number of hydrogen-bond donors (Lipinski definition) is 1. The lowest BCUT2D eigenvalue weighted by molar-refractivity contribution is 0.161. The van der Waals surface area contributed by atoms with Crippen LogP contribution in [0.5, 0.6) is 0 Å². The second-order valence-electron chi connectivity index (χ2n) is 3.94. The largest absolute Gasteiger partial charge is 0.383 e. The fraction of sp³-hybridized carbons (Fsp3) is 1.00. The average Bonchev–Trinajstić information content (AvgIpc) is 2.15. The van der Waals surface area contributed by atoms with E-state index in [2.05, 4.69) is 31.1 Å². The molecule has 0 aromatic rings. The van der Waals surface area contributed by atoms with Gasteiger partial charge in [-0.25, -0.2) is 0 Å². The predicted octanol–water partition coefficient (Wildman–Crippen LogP) is 1.34. The van der Waals surface area contributed by atoms with E-state index in [0.29, 0.717) is 6.04 Å². The highest BCUT2D eigenvalue weighted by molar-refractivity contribution is 4.61. The van der Waals surface area contributed by atoms with E-state index in [1.807, 2.05) is 0 Å². The van der Waals surface area contributed by atoms with Crippen molar-refractivity contribution in [2.24, 2.45) is 0 Å². The van der Waals surface area contributed by atoms with E-state index in [0.717, 1.165) is 26.2 Å². The van der Waals surface area contributed by atoms with Gasteiger partial charge in [0.1, 0.15) is 0 Å². The summed E-state index contributed by atoms with van der Waals surface area (Å²) >= 11 is 0. The Bertz CT molecular complexity index is 120. The van der Waals surface area contributed by atoms with Crippen molar-refractivity contribution in [2.75, 3.05) is 40.4 Å². The molecule has 0 aliphatic heterocycles.